The normalized spacial score (nSPS) is 20.9. The molecule has 23 heavy (non-hydrogen) atoms. The zero-order valence-electron chi connectivity index (χ0n) is 11.7. The van der Waals surface area contributed by atoms with Crippen LogP contribution in [0.15, 0.2) is 0 Å². The molecule has 2 aliphatic rings. The van der Waals surface area contributed by atoms with Gasteiger partial charge in [-0.2, -0.15) is 0 Å². The fraction of sp³-hybridized carbons (Fsp3) is 0.286. The topological polar surface area (TPSA) is 83.6 Å². The maximum atomic E-state index is 14.1. The van der Waals surface area contributed by atoms with Gasteiger partial charge in [0, 0.05) is 12.0 Å². The van der Waals surface area contributed by atoms with E-state index in [1.165, 1.54) is 0 Å². The van der Waals surface area contributed by atoms with Gasteiger partial charge in [0.05, 0.1) is 11.1 Å². The van der Waals surface area contributed by atoms with Gasteiger partial charge in [0.15, 0.2) is 11.6 Å². The molecule has 0 bridgehead atoms. The van der Waals surface area contributed by atoms with Crippen molar-refractivity contribution < 1.29 is 32.3 Å². The van der Waals surface area contributed by atoms with E-state index in [2.05, 4.69) is 0 Å². The van der Waals surface area contributed by atoms with Crippen LogP contribution in [0.4, 0.5) is 13.2 Å². The molecule has 1 N–H and O–H groups in total. The van der Waals surface area contributed by atoms with E-state index < -0.39 is 63.8 Å². The van der Waals surface area contributed by atoms with Crippen LogP contribution in [-0.4, -0.2) is 34.6 Å². The zero-order valence-corrected chi connectivity index (χ0v) is 11.7. The summed E-state index contributed by atoms with van der Waals surface area (Å²) in [5.41, 5.74) is -2.65. The quantitative estimate of drug-likeness (QED) is 0.612. The lowest BCUT2D eigenvalue weighted by Gasteiger charge is -2.27. The Morgan fingerprint density at radius 2 is 1.52 bits per heavy atom. The van der Waals surface area contributed by atoms with Crippen molar-refractivity contribution in [1.29, 1.82) is 0 Å². The second-order valence-electron chi connectivity index (χ2n) is 5.26. The van der Waals surface area contributed by atoms with Crippen LogP contribution in [0.3, 0.4) is 0 Å². The van der Waals surface area contributed by atoms with E-state index in [0.717, 1.165) is 6.92 Å². The van der Waals surface area contributed by atoms with E-state index in [0.29, 0.717) is 4.90 Å². The molecule has 0 spiro atoms. The van der Waals surface area contributed by atoms with Crippen molar-refractivity contribution in [3.05, 3.63) is 34.1 Å². The molecule has 2 aliphatic heterocycles. The Balaban J connectivity index is 2.12. The lowest BCUT2D eigenvalue weighted by molar-refractivity contribution is -0.136. The molecule has 4 amide bonds. The molecular weight excluding hydrogens is 317 g/mol. The Bertz CT molecular complexity index is 759. The van der Waals surface area contributed by atoms with Crippen LogP contribution >= 0.6 is 0 Å². The van der Waals surface area contributed by atoms with E-state index in [1.54, 1.807) is 0 Å². The fourth-order valence-corrected chi connectivity index (χ4v) is 2.72. The van der Waals surface area contributed by atoms with Gasteiger partial charge in [0.2, 0.25) is 11.8 Å². The number of imide groups is 2. The molecular formula is C14H9F3N2O4. The summed E-state index contributed by atoms with van der Waals surface area (Å²) in [7, 11) is 0. The second-order valence-corrected chi connectivity index (χ2v) is 5.26. The molecule has 3 rings (SSSR count). The van der Waals surface area contributed by atoms with Crippen molar-refractivity contribution in [2.75, 3.05) is 0 Å². The number of carbonyl (C=O) groups excluding carboxylic acids is 4. The summed E-state index contributed by atoms with van der Waals surface area (Å²) in [6, 6.07) is -1.37. The second kappa shape index (κ2) is 4.90. The minimum Gasteiger partial charge on any atom is -0.295 e. The standard InChI is InChI=1S/C14H9F3N2O4/c1-4-9(15)7-8(11(17)10(4)16)14(23)19(13(7)22)5-2-3-6(20)18-12(5)21/h5H,2-3H2,1H3,(H,18,20,21)/t5-/m0/s1. The van der Waals surface area contributed by atoms with Gasteiger partial charge in [-0.3, -0.25) is 29.4 Å². The first-order valence-corrected chi connectivity index (χ1v) is 6.64. The Morgan fingerprint density at radius 1 is 0.957 bits per heavy atom. The smallest absolute Gasteiger partial charge is 0.265 e. The first-order chi connectivity index (χ1) is 10.8. The molecule has 2 heterocycles. The number of nitrogens with one attached hydrogen (secondary N) is 1. The van der Waals surface area contributed by atoms with Gasteiger partial charge in [-0.05, 0) is 13.3 Å². The summed E-state index contributed by atoms with van der Waals surface area (Å²) in [5.74, 6) is -8.56. The average molecular weight is 326 g/mol. The third-order valence-electron chi connectivity index (χ3n) is 3.93. The number of rotatable bonds is 1. The predicted octanol–water partition coefficient (Wildman–Crippen LogP) is 0.814. The average Bonchev–Trinajstić information content (AvgIpc) is 2.75. The monoisotopic (exact) mass is 326 g/mol. The van der Waals surface area contributed by atoms with Crippen LogP contribution in [0.25, 0.3) is 0 Å². The van der Waals surface area contributed by atoms with E-state index in [1.807, 2.05) is 5.32 Å². The van der Waals surface area contributed by atoms with Crippen LogP contribution < -0.4 is 5.32 Å². The van der Waals surface area contributed by atoms with Gasteiger partial charge in [0.1, 0.15) is 11.9 Å². The van der Waals surface area contributed by atoms with Gasteiger partial charge in [-0.1, -0.05) is 0 Å². The minimum absolute atomic E-state index is 0.137. The highest BCUT2D eigenvalue weighted by molar-refractivity contribution is 6.23. The van der Waals surface area contributed by atoms with Crippen LogP contribution in [-0.2, 0) is 9.59 Å². The van der Waals surface area contributed by atoms with Gasteiger partial charge in [0.25, 0.3) is 11.8 Å². The van der Waals surface area contributed by atoms with E-state index >= 15 is 0 Å². The molecule has 1 saturated heterocycles. The van der Waals surface area contributed by atoms with Gasteiger partial charge in [-0.15, -0.1) is 0 Å². The lowest BCUT2D eigenvalue weighted by Crippen LogP contribution is -2.54. The van der Waals surface area contributed by atoms with E-state index in [9.17, 15) is 32.3 Å². The SMILES string of the molecule is Cc1c(F)c(F)c2c(c1F)C(=O)N([C@H]1CCC(=O)NC1=O)C2=O. The number of amides is 4. The highest BCUT2D eigenvalue weighted by atomic mass is 19.2. The highest BCUT2D eigenvalue weighted by Crippen LogP contribution is 2.34. The maximum absolute atomic E-state index is 14.1. The number of fused-ring (bicyclic) bond motifs is 1. The number of nitrogens with zero attached hydrogens (tertiary/aromatic N) is 1. The summed E-state index contributed by atoms with van der Waals surface area (Å²) >= 11 is 0. The Morgan fingerprint density at radius 3 is 2.09 bits per heavy atom. The van der Waals surface area contributed by atoms with Crippen molar-refractivity contribution in [3.63, 3.8) is 0 Å². The maximum Gasteiger partial charge on any atom is 0.265 e. The van der Waals surface area contributed by atoms with Crippen LogP contribution in [0.2, 0.25) is 0 Å². The molecule has 6 nitrogen and oxygen atoms in total. The number of piperidine rings is 1. The summed E-state index contributed by atoms with van der Waals surface area (Å²) in [6.07, 6.45) is -0.303. The minimum atomic E-state index is -1.63. The van der Waals surface area contributed by atoms with Gasteiger partial charge in [-0.25, -0.2) is 13.2 Å². The van der Waals surface area contributed by atoms with Crippen molar-refractivity contribution in [3.8, 4) is 0 Å². The van der Waals surface area contributed by atoms with E-state index in [4.69, 9.17) is 0 Å². The number of halogens is 3. The van der Waals surface area contributed by atoms with Crippen molar-refractivity contribution in [1.82, 2.24) is 10.2 Å². The third kappa shape index (κ3) is 1.96. The van der Waals surface area contributed by atoms with Gasteiger partial charge < -0.3 is 0 Å². The number of benzene rings is 1. The molecule has 1 atom stereocenters. The van der Waals surface area contributed by atoms with Crippen LogP contribution in [0.1, 0.15) is 39.1 Å². The molecule has 1 aromatic carbocycles. The molecule has 0 saturated carbocycles. The van der Waals surface area contributed by atoms with Crippen molar-refractivity contribution in [2.45, 2.75) is 25.8 Å². The predicted molar refractivity (Wildman–Crippen MR) is 67.7 cm³/mol. The lowest BCUT2D eigenvalue weighted by atomic mass is 10.0. The molecule has 120 valence electrons. The van der Waals surface area contributed by atoms with Crippen LogP contribution in [0.5, 0.6) is 0 Å². The number of carbonyl (C=O) groups is 4. The Kier molecular flexibility index (Phi) is 3.24. The molecule has 0 unspecified atom stereocenters. The highest BCUT2D eigenvalue weighted by Gasteiger charge is 2.48. The largest absolute Gasteiger partial charge is 0.295 e. The summed E-state index contributed by atoms with van der Waals surface area (Å²) in [5, 5.41) is 1.94. The Labute approximate surface area is 127 Å². The summed E-state index contributed by atoms with van der Waals surface area (Å²) in [6.45, 7) is 0.931. The van der Waals surface area contributed by atoms with E-state index in [-0.39, 0.29) is 12.8 Å². The molecule has 0 radical (unpaired) electrons. The fourth-order valence-electron chi connectivity index (χ4n) is 2.72. The zero-order chi connectivity index (χ0) is 17.0. The molecule has 0 aromatic heterocycles. The number of hydrogen-bond acceptors (Lipinski definition) is 4. The molecule has 1 aromatic rings. The molecule has 1 fully saturated rings. The molecule has 0 aliphatic carbocycles. The summed E-state index contributed by atoms with van der Waals surface area (Å²) < 4.78 is 41.7. The van der Waals surface area contributed by atoms with Crippen molar-refractivity contribution in [2.24, 2.45) is 0 Å². The van der Waals surface area contributed by atoms with Crippen molar-refractivity contribution >= 4 is 23.6 Å². The summed E-state index contributed by atoms with van der Waals surface area (Å²) in [4.78, 5) is 47.8. The first kappa shape index (κ1) is 15.2. The first-order valence-electron chi connectivity index (χ1n) is 6.64. The third-order valence-corrected chi connectivity index (χ3v) is 3.93. The number of hydrogen-bond donors (Lipinski definition) is 1. The van der Waals surface area contributed by atoms with Gasteiger partial charge >= 0.3 is 0 Å². The Hall–Kier alpha value is -2.71. The van der Waals surface area contributed by atoms with Crippen LogP contribution in [0, 0.1) is 24.4 Å². The molecule has 9 heteroatoms.